The van der Waals surface area contributed by atoms with Crippen molar-refractivity contribution in [3.8, 4) is 0 Å². The summed E-state index contributed by atoms with van der Waals surface area (Å²) in [6.45, 7) is 7.50. The van der Waals surface area contributed by atoms with Gasteiger partial charge in [-0.25, -0.2) is 0 Å². The van der Waals surface area contributed by atoms with Crippen molar-refractivity contribution in [2.45, 2.75) is 38.6 Å². The summed E-state index contributed by atoms with van der Waals surface area (Å²) in [6.07, 6.45) is 4.73. The van der Waals surface area contributed by atoms with Crippen LogP contribution in [0.25, 0.3) is 0 Å². The molecule has 2 heterocycles. The van der Waals surface area contributed by atoms with Crippen molar-refractivity contribution in [3.05, 3.63) is 0 Å². The van der Waals surface area contributed by atoms with E-state index in [2.05, 4.69) is 22.5 Å². The van der Waals surface area contributed by atoms with Gasteiger partial charge in [0.05, 0.1) is 6.04 Å². The molecule has 5 heteroatoms. The molecule has 0 saturated carbocycles. The van der Waals surface area contributed by atoms with E-state index in [1.807, 2.05) is 0 Å². The number of carbonyl (C=O) groups is 1. The number of likely N-dealkylation sites (tertiary alicyclic amines) is 1. The highest BCUT2D eigenvalue weighted by Gasteiger charge is 2.21. The summed E-state index contributed by atoms with van der Waals surface area (Å²) >= 11 is 0. The molecule has 1 amide bonds. The second-order valence-electron chi connectivity index (χ2n) is 5.46. The van der Waals surface area contributed by atoms with Gasteiger partial charge in [-0.05, 0) is 51.2 Å². The van der Waals surface area contributed by atoms with Crippen LogP contribution >= 0.6 is 12.4 Å². The molecular weight excluding hydrogens is 250 g/mol. The number of rotatable bonds is 4. The Kier molecular flexibility index (Phi) is 6.97. The molecule has 0 aromatic heterocycles. The van der Waals surface area contributed by atoms with E-state index in [1.54, 1.807) is 0 Å². The summed E-state index contributed by atoms with van der Waals surface area (Å²) in [6, 6.07) is 0.0661. The topological polar surface area (TPSA) is 44.4 Å². The van der Waals surface area contributed by atoms with E-state index in [-0.39, 0.29) is 24.4 Å². The molecule has 0 aliphatic carbocycles. The maximum atomic E-state index is 11.7. The first-order valence-electron chi connectivity index (χ1n) is 6.99. The monoisotopic (exact) mass is 275 g/mol. The molecule has 106 valence electrons. The van der Waals surface area contributed by atoms with Crippen LogP contribution in [-0.2, 0) is 4.79 Å². The van der Waals surface area contributed by atoms with E-state index < -0.39 is 0 Å². The molecule has 4 nitrogen and oxygen atoms in total. The van der Waals surface area contributed by atoms with E-state index in [0.29, 0.717) is 0 Å². The van der Waals surface area contributed by atoms with Gasteiger partial charge in [-0.2, -0.15) is 0 Å². The predicted molar refractivity (Wildman–Crippen MR) is 76.1 cm³/mol. The number of carbonyl (C=O) groups excluding carboxylic acids is 1. The minimum absolute atomic E-state index is 0. The molecule has 0 spiro atoms. The van der Waals surface area contributed by atoms with Crippen LogP contribution in [0.4, 0.5) is 0 Å². The van der Waals surface area contributed by atoms with Crippen LogP contribution in [0.5, 0.6) is 0 Å². The average molecular weight is 276 g/mol. The average Bonchev–Trinajstić information content (AvgIpc) is 2.85. The first-order valence-corrected chi connectivity index (χ1v) is 6.99. The van der Waals surface area contributed by atoms with Crippen molar-refractivity contribution in [2.75, 3.05) is 32.7 Å². The first-order chi connectivity index (χ1) is 8.25. The van der Waals surface area contributed by atoms with E-state index in [1.165, 1.54) is 25.9 Å². The van der Waals surface area contributed by atoms with Crippen LogP contribution in [0, 0.1) is 5.92 Å². The van der Waals surface area contributed by atoms with Gasteiger partial charge in [0.15, 0.2) is 0 Å². The minimum Gasteiger partial charge on any atom is -0.353 e. The highest BCUT2D eigenvalue weighted by Crippen LogP contribution is 2.15. The maximum absolute atomic E-state index is 11.7. The third-order valence-corrected chi connectivity index (χ3v) is 3.98. The van der Waals surface area contributed by atoms with E-state index >= 15 is 0 Å². The molecule has 1 atom stereocenters. The lowest BCUT2D eigenvalue weighted by Gasteiger charge is -2.30. The Morgan fingerprint density at radius 1 is 1.33 bits per heavy atom. The summed E-state index contributed by atoms with van der Waals surface area (Å²) in [5.74, 6) is 1.07. The van der Waals surface area contributed by atoms with Crippen LogP contribution in [0.1, 0.15) is 32.6 Å². The zero-order valence-corrected chi connectivity index (χ0v) is 12.1. The Labute approximate surface area is 116 Å². The molecule has 0 aromatic carbocycles. The van der Waals surface area contributed by atoms with Crippen molar-refractivity contribution >= 4 is 18.3 Å². The zero-order chi connectivity index (χ0) is 12.1. The van der Waals surface area contributed by atoms with Crippen LogP contribution in [-0.4, -0.2) is 49.6 Å². The summed E-state index contributed by atoms with van der Waals surface area (Å²) in [5.41, 5.74) is 0. The molecule has 2 fully saturated rings. The predicted octanol–water partition coefficient (Wildman–Crippen LogP) is 1.01. The number of amides is 1. The lowest BCUT2D eigenvalue weighted by atomic mass is 9.99. The summed E-state index contributed by atoms with van der Waals surface area (Å²) in [4.78, 5) is 14.2. The zero-order valence-electron chi connectivity index (χ0n) is 11.3. The van der Waals surface area contributed by atoms with Crippen LogP contribution in [0.2, 0.25) is 0 Å². The van der Waals surface area contributed by atoms with Gasteiger partial charge in [0.2, 0.25) is 5.91 Å². The molecular formula is C13H26ClN3O. The van der Waals surface area contributed by atoms with Gasteiger partial charge < -0.3 is 15.5 Å². The molecule has 2 aliphatic rings. The lowest BCUT2D eigenvalue weighted by molar-refractivity contribution is -0.122. The lowest BCUT2D eigenvalue weighted by Crippen LogP contribution is -2.44. The molecule has 2 N–H and O–H groups in total. The minimum atomic E-state index is 0. The van der Waals surface area contributed by atoms with Gasteiger partial charge in [0.1, 0.15) is 0 Å². The standard InChI is InChI=1S/C13H25N3O.ClH/c1-11-4-8-16(9-5-11)10-7-15-13(17)12-3-2-6-14-12;/h11-12,14H,2-10H2,1H3,(H,15,17);1H. The molecule has 0 radical (unpaired) electrons. The van der Waals surface area contributed by atoms with Crippen LogP contribution in [0.3, 0.4) is 0 Å². The summed E-state index contributed by atoms with van der Waals surface area (Å²) in [5, 5.41) is 6.26. The van der Waals surface area contributed by atoms with Crippen LogP contribution < -0.4 is 10.6 Å². The Balaban J connectivity index is 0.00000162. The van der Waals surface area contributed by atoms with Crippen molar-refractivity contribution < 1.29 is 4.79 Å². The third-order valence-electron chi connectivity index (χ3n) is 3.98. The smallest absolute Gasteiger partial charge is 0.237 e. The number of halogens is 1. The van der Waals surface area contributed by atoms with Crippen molar-refractivity contribution in [2.24, 2.45) is 5.92 Å². The highest BCUT2D eigenvalue weighted by atomic mass is 35.5. The van der Waals surface area contributed by atoms with Gasteiger partial charge in [0.25, 0.3) is 0 Å². The molecule has 2 rings (SSSR count). The molecule has 0 aromatic rings. The van der Waals surface area contributed by atoms with Gasteiger partial charge in [-0.3, -0.25) is 4.79 Å². The quantitative estimate of drug-likeness (QED) is 0.805. The van der Waals surface area contributed by atoms with E-state index in [4.69, 9.17) is 0 Å². The fraction of sp³-hybridized carbons (Fsp3) is 0.923. The Hall–Kier alpha value is -0.320. The largest absolute Gasteiger partial charge is 0.353 e. The van der Waals surface area contributed by atoms with Crippen LogP contribution in [0.15, 0.2) is 0 Å². The molecule has 2 saturated heterocycles. The van der Waals surface area contributed by atoms with E-state index in [9.17, 15) is 4.79 Å². The second-order valence-corrected chi connectivity index (χ2v) is 5.46. The fourth-order valence-electron chi connectivity index (χ4n) is 2.65. The van der Waals surface area contributed by atoms with Crippen molar-refractivity contribution in [1.82, 2.24) is 15.5 Å². The van der Waals surface area contributed by atoms with Gasteiger partial charge in [0, 0.05) is 13.1 Å². The summed E-state index contributed by atoms with van der Waals surface area (Å²) < 4.78 is 0. The maximum Gasteiger partial charge on any atom is 0.237 e. The molecule has 18 heavy (non-hydrogen) atoms. The molecule has 2 aliphatic heterocycles. The van der Waals surface area contributed by atoms with Gasteiger partial charge in [-0.1, -0.05) is 6.92 Å². The number of nitrogens with zero attached hydrogens (tertiary/aromatic N) is 1. The SMILES string of the molecule is CC1CCN(CCNC(=O)C2CCCN2)CC1.Cl. The first kappa shape index (κ1) is 15.7. The van der Waals surface area contributed by atoms with E-state index in [0.717, 1.165) is 38.4 Å². The number of hydrogen-bond donors (Lipinski definition) is 2. The van der Waals surface area contributed by atoms with Gasteiger partial charge in [-0.15, -0.1) is 12.4 Å². The second kappa shape index (κ2) is 7.97. The summed E-state index contributed by atoms with van der Waals surface area (Å²) in [7, 11) is 0. The molecule has 1 unspecified atom stereocenters. The Morgan fingerprint density at radius 2 is 2.06 bits per heavy atom. The fourth-order valence-corrected chi connectivity index (χ4v) is 2.65. The highest BCUT2D eigenvalue weighted by molar-refractivity contribution is 5.85. The normalized spacial score (nSPS) is 25.7. The molecule has 0 bridgehead atoms. The van der Waals surface area contributed by atoms with Crippen molar-refractivity contribution in [1.29, 1.82) is 0 Å². The van der Waals surface area contributed by atoms with Crippen molar-refractivity contribution in [3.63, 3.8) is 0 Å². The Morgan fingerprint density at radius 3 is 2.67 bits per heavy atom. The Bertz CT molecular complexity index is 249. The number of hydrogen-bond acceptors (Lipinski definition) is 3. The number of nitrogens with one attached hydrogen (secondary N) is 2. The third kappa shape index (κ3) is 4.75. The van der Waals surface area contributed by atoms with Gasteiger partial charge >= 0.3 is 0 Å². The number of piperidine rings is 1.